The Bertz CT molecular complexity index is 799. The monoisotopic (exact) mass is 324 g/mol. The van der Waals surface area contributed by atoms with Gasteiger partial charge >= 0.3 is 5.69 Å². The summed E-state index contributed by atoms with van der Waals surface area (Å²) in [6.07, 6.45) is 0.487. The van der Waals surface area contributed by atoms with Gasteiger partial charge in [-0.15, -0.1) is 0 Å². The Hall–Kier alpha value is -2.15. The van der Waals surface area contributed by atoms with Crippen molar-refractivity contribution in [1.82, 2.24) is 19.2 Å². The summed E-state index contributed by atoms with van der Waals surface area (Å²) in [5.41, 5.74) is 0.0691. The van der Waals surface area contributed by atoms with E-state index >= 15 is 0 Å². The largest absolute Gasteiger partial charge is 0.345 e. The molecule has 22 heavy (non-hydrogen) atoms. The minimum Gasteiger partial charge on any atom is -0.336 e. The van der Waals surface area contributed by atoms with Gasteiger partial charge in [0.1, 0.15) is 11.6 Å². The van der Waals surface area contributed by atoms with Crippen LogP contribution in [0.4, 0.5) is 4.39 Å². The van der Waals surface area contributed by atoms with Crippen LogP contribution >= 0.6 is 11.6 Å². The Kier molecular flexibility index (Phi) is 3.74. The van der Waals surface area contributed by atoms with Gasteiger partial charge in [-0.25, -0.2) is 13.9 Å². The molecule has 1 aromatic heterocycles. The van der Waals surface area contributed by atoms with E-state index in [2.05, 4.69) is 5.10 Å². The van der Waals surface area contributed by atoms with Crippen molar-refractivity contribution in [3.63, 3.8) is 0 Å². The van der Waals surface area contributed by atoms with E-state index in [1.54, 1.807) is 16.5 Å². The summed E-state index contributed by atoms with van der Waals surface area (Å²) in [6.45, 7) is 1.20. The van der Waals surface area contributed by atoms with Gasteiger partial charge < -0.3 is 4.90 Å². The Morgan fingerprint density at radius 2 is 2.09 bits per heavy atom. The third kappa shape index (κ3) is 2.52. The number of amides is 1. The van der Waals surface area contributed by atoms with Crippen LogP contribution in [0.25, 0.3) is 0 Å². The second-order valence-corrected chi connectivity index (χ2v) is 5.55. The number of aryl methyl sites for hydroxylation is 1. The molecule has 0 spiro atoms. The standard InChI is InChI=1S/C14H14ClFN4O2/c1-18-14(22)20-7-6-19(5-4-12(20)17-18)13(21)10-3-2-9(16)8-11(10)15/h2-3,8H,4-7H2,1H3. The SMILES string of the molecule is Cn1nc2n(c1=O)CCN(C(=O)c1ccc(F)cc1Cl)CC2. The van der Waals surface area contributed by atoms with E-state index in [4.69, 9.17) is 11.6 Å². The van der Waals surface area contributed by atoms with Crippen molar-refractivity contribution < 1.29 is 9.18 Å². The number of carbonyl (C=O) groups is 1. The molecule has 1 aliphatic heterocycles. The van der Waals surface area contributed by atoms with E-state index in [-0.39, 0.29) is 22.2 Å². The molecule has 0 radical (unpaired) electrons. The van der Waals surface area contributed by atoms with Crippen LogP contribution in [0.15, 0.2) is 23.0 Å². The predicted octanol–water partition coefficient (Wildman–Crippen LogP) is 1.07. The topological polar surface area (TPSA) is 60.1 Å². The highest BCUT2D eigenvalue weighted by Crippen LogP contribution is 2.20. The molecular weight excluding hydrogens is 311 g/mol. The fourth-order valence-electron chi connectivity index (χ4n) is 2.57. The molecule has 2 heterocycles. The number of rotatable bonds is 1. The minimum atomic E-state index is -0.485. The smallest absolute Gasteiger partial charge is 0.336 e. The molecule has 116 valence electrons. The van der Waals surface area contributed by atoms with Crippen LogP contribution in [0, 0.1) is 5.82 Å². The second kappa shape index (κ2) is 5.57. The molecule has 6 nitrogen and oxygen atoms in total. The summed E-state index contributed by atoms with van der Waals surface area (Å²) in [5.74, 6) is -0.0957. The zero-order chi connectivity index (χ0) is 15.9. The van der Waals surface area contributed by atoms with Crippen LogP contribution in [0.3, 0.4) is 0 Å². The van der Waals surface area contributed by atoms with Crippen LogP contribution in [0.5, 0.6) is 0 Å². The number of halogens is 2. The highest BCUT2D eigenvalue weighted by molar-refractivity contribution is 6.33. The van der Waals surface area contributed by atoms with Gasteiger partial charge in [-0.05, 0) is 18.2 Å². The van der Waals surface area contributed by atoms with Crippen molar-refractivity contribution in [3.05, 3.63) is 50.9 Å². The first-order valence-electron chi connectivity index (χ1n) is 6.84. The minimum absolute atomic E-state index is 0.0860. The first kappa shape index (κ1) is 14.8. The lowest BCUT2D eigenvalue weighted by atomic mass is 10.2. The van der Waals surface area contributed by atoms with E-state index in [0.29, 0.717) is 31.9 Å². The maximum Gasteiger partial charge on any atom is 0.345 e. The normalized spacial score (nSPS) is 14.6. The second-order valence-electron chi connectivity index (χ2n) is 5.14. The molecule has 3 rings (SSSR count). The quantitative estimate of drug-likeness (QED) is 0.788. The van der Waals surface area contributed by atoms with Crippen LogP contribution in [-0.4, -0.2) is 38.2 Å². The van der Waals surface area contributed by atoms with Gasteiger partial charge in [0.25, 0.3) is 5.91 Å². The van der Waals surface area contributed by atoms with Gasteiger partial charge in [0.15, 0.2) is 0 Å². The van der Waals surface area contributed by atoms with Crippen molar-refractivity contribution in [2.45, 2.75) is 13.0 Å². The van der Waals surface area contributed by atoms with E-state index in [1.165, 1.54) is 16.8 Å². The average molecular weight is 325 g/mol. The van der Waals surface area contributed by atoms with Crippen LogP contribution in [-0.2, 0) is 20.0 Å². The number of fused-ring (bicyclic) bond motifs is 1. The Morgan fingerprint density at radius 1 is 1.32 bits per heavy atom. The van der Waals surface area contributed by atoms with Crippen molar-refractivity contribution in [3.8, 4) is 0 Å². The Morgan fingerprint density at radius 3 is 2.82 bits per heavy atom. The van der Waals surface area contributed by atoms with E-state index in [1.807, 2.05) is 0 Å². The summed E-state index contributed by atoms with van der Waals surface area (Å²) < 4.78 is 15.9. The van der Waals surface area contributed by atoms with Gasteiger partial charge in [0.05, 0.1) is 10.6 Å². The zero-order valence-electron chi connectivity index (χ0n) is 11.9. The highest BCUT2D eigenvalue weighted by Gasteiger charge is 2.23. The fraction of sp³-hybridized carbons (Fsp3) is 0.357. The van der Waals surface area contributed by atoms with Crippen molar-refractivity contribution in [2.75, 3.05) is 13.1 Å². The molecule has 1 aliphatic rings. The van der Waals surface area contributed by atoms with E-state index < -0.39 is 5.82 Å². The average Bonchev–Trinajstić information content (AvgIpc) is 2.64. The third-order valence-electron chi connectivity index (χ3n) is 3.73. The summed E-state index contributed by atoms with van der Waals surface area (Å²) in [6, 6.07) is 3.70. The maximum atomic E-state index is 13.1. The molecule has 0 fully saturated rings. The molecule has 0 N–H and O–H groups in total. The summed E-state index contributed by atoms with van der Waals surface area (Å²) in [7, 11) is 1.60. The molecule has 0 unspecified atom stereocenters. The molecule has 0 aliphatic carbocycles. The number of carbonyl (C=O) groups excluding carboxylic acids is 1. The molecule has 1 amide bonds. The molecule has 8 heteroatoms. The van der Waals surface area contributed by atoms with Crippen molar-refractivity contribution in [2.24, 2.45) is 7.05 Å². The maximum absolute atomic E-state index is 13.1. The Labute approximate surface area is 130 Å². The van der Waals surface area contributed by atoms with Gasteiger partial charge in [-0.2, -0.15) is 5.10 Å². The lowest BCUT2D eigenvalue weighted by Gasteiger charge is -2.20. The zero-order valence-corrected chi connectivity index (χ0v) is 12.7. The highest BCUT2D eigenvalue weighted by atomic mass is 35.5. The molecule has 0 saturated heterocycles. The summed E-state index contributed by atoms with van der Waals surface area (Å²) in [4.78, 5) is 26.0. The van der Waals surface area contributed by atoms with Crippen LogP contribution in [0.1, 0.15) is 16.2 Å². The van der Waals surface area contributed by atoms with Gasteiger partial charge in [-0.1, -0.05) is 11.6 Å². The van der Waals surface area contributed by atoms with Crippen molar-refractivity contribution in [1.29, 1.82) is 0 Å². The van der Waals surface area contributed by atoms with Gasteiger partial charge in [-0.3, -0.25) is 9.36 Å². The number of benzene rings is 1. The lowest BCUT2D eigenvalue weighted by molar-refractivity contribution is 0.0758. The molecule has 0 saturated carbocycles. The molecule has 1 aromatic carbocycles. The van der Waals surface area contributed by atoms with Crippen molar-refractivity contribution >= 4 is 17.5 Å². The van der Waals surface area contributed by atoms with E-state index in [0.717, 1.165) is 6.07 Å². The predicted molar refractivity (Wildman–Crippen MR) is 78.5 cm³/mol. The lowest BCUT2D eigenvalue weighted by Crippen LogP contribution is -2.35. The fourth-order valence-corrected chi connectivity index (χ4v) is 2.82. The first-order valence-corrected chi connectivity index (χ1v) is 7.22. The van der Waals surface area contributed by atoms with Gasteiger partial charge in [0, 0.05) is 33.1 Å². The molecule has 0 atom stereocenters. The number of hydrogen-bond acceptors (Lipinski definition) is 3. The Balaban J connectivity index is 1.83. The molecular formula is C14H14ClFN4O2. The number of hydrogen-bond donors (Lipinski definition) is 0. The first-order chi connectivity index (χ1) is 10.5. The van der Waals surface area contributed by atoms with Crippen LogP contribution < -0.4 is 5.69 Å². The summed E-state index contributed by atoms with van der Waals surface area (Å²) in [5, 5.41) is 4.25. The number of aromatic nitrogens is 3. The third-order valence-corrected chi connectivity index (χ3v) is 4.05. The molecule has 0 bridgehead atoms. The molecule has 2 aromatic rings. The summed E-state index contributed by atoms with van der Waals surface area (Å²) >= 11 is 5.94. The van der Waals surface area contributed by atoms with Gasteiger partial charge in [0.2, 0.25) is 0 Å². The van der Waals surface area contributed by atoms with E-state index in [9.17, 15) is 14.0 Å². The number of nitrogens with zero attached hydrogens (tertiary/aromatic N) is 4. The van der Waals surface area contributed by atoms with Crippen LogP contribution in [0.2, 0.25) is 5.02 Å².